The number of rotatable bonds is 7. The van der Waals surface area contributed by atoms with Gasteiger partial charge in [-0.25, -0.2) is 4.39 Å². The number of hydrogen-bond acceptors (Lipinski definition) is 3. The predicted molar refractivity (Wildman–Crippen MR) is 177 cm³/mol. The van der Waals surface area contributed by atoms with Crippen LogP contribution in [-0.4, -0.2) is 61.4 Å². The van der Waals surface area contributed by atoms with Gasteiger partial charge in [-0.2, -0.15) is 0 Å². The summed E-state index contributed by atoms with van der Waals surface area (Å²) in [5, 5.41) is 2.98. The van der Waals surface area contributed by atoms with Gasteiger partial charge in [0.2, 0.25) is 5.91 Å². The molecule has 0 aliphatic carbocycles. The van der Waals surface area contributed by atoms with Gasteiger partial charge in [0.25, 0.3) is 5.91 Å². The van der Waals surface area contributed by atoms with Crippen molar-refractivity contribution in [3.05, 3.63) is 111 Å². The molecule has 6 rings (SSSR count). The summed E-state index contributed by atoms with van der Waals surface area (Å²) in [6, 6.07) is 24.3. The number of carbonyl (C=O) groups excluding carboxylic acids is 2. The van der Waals surface area contributed by atoms with E-state index < -0.39 is 0 Å². The van der Waals surface area contributed by atoms with Crippen molar-refractivity contribution in [2.24, 2.45) is 0 Å². The summed E-state index contributed by atoms with van der Waals surface area (Å²) in [6.07, 6.45) is 2.52. The minimum absolute atomic E-state index is 0.0104. The maximum Gasteiger partial charge on any atom is 0.254 e. The topological polar surface area (TPSA) is 43.9 Å². The molecule has 1 atom stereocenters. The fourth-order valence-corrected chi connectivity index (χ4v) is 7.36. The largest absolute Gasteiger partial charge is 0.341 e. The first kappa shape index (κ1) is 30.6. The number of amides is 2. The van der Waals surface area contributed by atoms with Crippen LogP contribution in [0.3, 0.4) is 0 Å². The molecule has 0 N–H and O–H groups in total. The Morgan fingerprint density at radius 1 is 0.955 bits per heavy atom. The zero-order valence-corrected chi connectivity index (χ0v) is 26.5. The Morgan fingerprint density at radius 2 is 1.70 bits per heavy atom. The zero-order chi connectivity index (χ0) is 31.0. The first-order chi connectivity index (χ1) is 21.1. The number of nitrogens with zero attached hydrogens (tertiary/aromatic N) is 3. The Morgan fingerprint density at radius 3 is 2.45 bits per heavy atom. The summed E-state index contributed by atoms with van der Waals surface area (Å²) >= 11 is 12.7. The summed E-state index contributed by atoms with van der Waals surface area (Å²) in [4.78, 5) is 32.2. The number of fused-ring (bicyclic) bond motifs is 3. The highest BCUT2D eigenvalue weighted by Crippen LogP contribution is 2.47. The van der Waals surface area contributed by atoms with Gasteiger partial charge < -0.3 is 14.7 Å². The smallest absolute Gasteiger partial charge is 0.254 e. The lowest BCUT2D eigenvalue weighted by molar-refractivity contribution is -0.116. The third-order valence-corrected chi connectivity index (χ3v) is 10.3. The number of piperidine rings is 1. The van der Waals surface area contributed by atoms with Crippen LogP contribution in [0.25, 0.3) is 10.8 Å². The molecule has 4 aromatic carbocycles. The van der Waals surface area contributed by atoms with E-state index in [1.165, 1.54) is 6.07 Å². The van der Waals surface area contributed by atoms with E-state index in [9.17, 15) is 14.0 Å². The van der Waals surface area contributed by atoms with Gasteiger partial charge in [-0.05, 0) is 97.2 Å². The molecule has 0 radical (unpaired) electrons. The number of likely N-dealkylation sites (N-methyl/N-ethyl adjacent to an activating group) is 1. The first-order valence-corrected chi connectivity index (χ1v) is 15.9. The number of halogens is 3. The van der Waals surface area contributed by atoms with Crippen molar-refractivity contribution in [1.82, 2.24) is 9.80 Å². The maximum absolute atomic E-state index is 14.3. The molecule has 1 spiro atoms. The van der Waals surface area contributed by atoms with E-state index in [2.05, 4.69) is 4.90 Å². The highest BCUT2D eigenvalue weighted by Gasteiger charge is 2.46. The molecular formula is C36H36Cl2FN3O2. The van der Waals surface area contributed by atoms with Crippen LogP contribution >= 0.6 is 23.2 Å². The molecule has 1 saturated heterocycles. The lowest BCUT2D eigenvalue weighted by Gasteiger charge is -2.40. The molecule has 0 aromatic heterocycles. The Labute approximate surface area is 268 Å². The predicted octanol–water partition coefficient (Wildman–Crippen LogP) is 7.93. The number of hydrogen-bond donors (Lipinski definition) is 0. The van der Waals surface area contributed by atoms with E-state index in [1.807, 2.05) is 67.7 Å². The molecule has 5 nitrogen and oxygen atoms in total. The summed E-state index contributed by atoms with van der Waals surface area (Å²) in [5.41, 5.74) is 3.30. The lowest BCUT2D eigenvalue weighted by atomic mass is 9.74. The normalized spacial score (nSPS) is 16.7. The van der Waals surface area contributed by atoms with Gasteiger partial charge in [0.15, 0.2) is 0 Å². The highest BCUT2D eigenvalue weighted by molar-refractivity contribution is 6.42. The number of carbonyl (C=O) groups is 2. The molecule has 228 valence electrons. The van der Waals surface area contributed by atoms with E-state index in [-0.39, 0.29) is 29.0 Å². The second-order valence-corrected chi connectivity index (χ2v) is 13.1. The SMILES string of the molecule is CC(=O)N1CC2(CCN(CC[C@H](CN(C)C(=O)c3cccc4ccccc34)c3ccc(Cl)c(Cl)c3)CC2)c2cc(F)ccc21. The molecule has 0 bridgehead atoms. The van der Waals surface area contributed by atoms with Crippen molar-refractivity contribution in [3.8, 4) is 0 Å². The monoisotopic (exact) mass is 631 g/mol. The highest BCUT2D eigenvalue weighted by atomic mass is 35.5. The number of likely N-dealkylation sites (tertiary alicyclic amines) is 1. The average Bonchev–Trinajstić information content (AvgIpc) is 3.33. The van der Waals surface area contributed by atoms with Gasteiger partial charge in [0, 0.05) is 49.6 Å². The summed E-state index contributed by atoms with van der Waals surface area (Å²) in [6.45, 7) is 5.23. The van der Waals surface area contributed by atoms with Crippen LogP contribution in [0.5, 0.6) is 0 Å². The second kappa shape index (κ2) is 12.5. The summed E-state index contributed by atoms with van der Waals surface area (Å²) in [5.74, 6) is -0.251. The standard InChI is InChI=1S/C36H36Cl2FN3O2/c1-24(43)42-23-36(31-21-28(39)11-13-34(31)42)15-18-41(19-16-36)17-14-27(26-10-12-32(37)33(38)20-26)22-40(2)35(44)30-9-5-7-25-6-3-4-8-29(25)30/h3-13,20-21,27H,14-19,22-23H2,1-2H3/t27-/m1/s1. The van der Waals surface area contributed by atoms with Gasteiger partial charge in [0.05, 0.1) is 10.0 Å². The van der Waals surface area contributed by atoms with E-state index in [4.69, 9.17) is 23.2 Å². The maximum atomic E-state index is 14.3. The Balaban J connectivity index is 1.17. The van der Waals surface area contributed by atoms with Crippen molar-refractivity contribution in [2.45, 2.75) is 37.5 Å². The van der Waals surface area contributed by atoms with E-state index >= 15 is 0 Å². The Hall–Kier alpha value is -3.45. The molecular weight excluding hydrogens is 596 g/mol. The fourth-order valence-electron chi connectivity index (χ4n) is 7.05. The van der Waals surface area contributed by atoms with Crippen LogP contribution in [0.4, 0.5) is 10.1 Å². The quantitative estimate of drug-likeness (QED) is 0.208. The molecule has 8 heteroatoms. The molecule has 44 heavy (non-hydrogen) atoms. The van der Waals surface area contributed by atoms with E-state index in [0.717, 1.165) is 66.5 Å². The number of anilines is 1. The second-order valence-electron chi connectivity index (χ2n) is 12.3. The molecule has 4 aromatic rings. The van der Waals surface area contributed by atoms with Crippen molar-refractivity contribution in [3.63, 3.8) is 0 Å². The molecule has 2 aliphatic heterocycles. The molecule has 1 fully saturated rings. The molecule has 2 heterocycles. The van der Waals surface area contributed by atoms with Gasteiger partial charge in [-0.3, -0.25) is 9.59 Å². The van der Waals surface area contributed by atoms with Crippen LogP contribution in [-0.2, 0) is 10.2 Å². The van der Waals surface area contributed by atoms with Crippen molar-refractivity contribution < 1.29 is 14.0 Å². The average molecular weight is 633 g/mol. The molecule has 0 unspecified atom stereocenters. The molecule has 2 amide bonds. The minimum atomic E-state index is -0.261. The Kier molecular flexibility index (Phi) is 8.69. The first-order valence-electron chi connectivity index (χ1n) is 15.1. The summed E-state index contributed by atoms with van der Waals surface area (Å²) in [7, 11) is 1.86. The van der Waals surface area contributed by atoms with Crippen LogP contribution < -0.4 is 4.90 Å². The number of benzene rings is 4. The van der Waals surface area contributed by atoms with Crippen LogP contribution in [0.15, 0.2) is 78.9 Å². The fraction of sp³-hybridized carbons (Fsp3) is 0.333. The van der Waals surface area contributed by atoms with Gasteiger partial charge in [-0.1, -0.05) is 65.7 Å². The van der Waals surface area contributed by atoms with Crippen LogP contribution in [0.2, 0.25) is 10.0 Å². The lowest BCUT2D eigenvalue weighted by Crippen LogP contribution is -2.46. The Bertz CT molecular complexity index is 1710. The van der Waals surface area contributed by atoms with Gasteiger partial charge >= 0.3 is 0 Å². The van der Waals surface area contributed by atoms with Crippen molar-refractivity contribution >= 4 is 51.5 Å². The van der Waals surface area contributed by atoms with Crippen molar-refractivity contribution in [2.75, 3.05) is 44.7 Å². The third kappa shape index (κ3) is 5.95. The minimum Gasteiger partial charge on any atom is -0.341 e. The molecule has 0 saturated carbocycles. The van der Waals surface area contributed by atoms with E-state index in [0.29, 0.717) is 28.7 Å². The third-order valence-electron chi connectivity index (χ3n) is 9.54. The van der Waals surface area contributed by atoms with Crippen molar-refractivity contribution in [1.29, 1.82) is 0 Å². The van der Waals surface area contributed by atoms with Crippen LogP contribution in [0.1, 0.15) is 53.6 Å². The molecule has 2 aliphatic rings. The van der Waals surface area contributed by atoms with E-state index in [1.54, 1.807) is 28.9 Å². The zero-order valence-electron chi connectivity index (χ0n) is 25.0. The summed E-state index contributed by atoms with van der Waals surface area (Å²) < 4.78 is 14.3. The van der Waals surface area contributed by atoms with Gasteiger partial charge in [-0.15, -0.1) is 0 Å². The van der Waals surface area contributed by atoms with Gasteiger partial charge in [0.1, 0.15) is 5.82 Å². The van der Waals surface area contributed by atoms with Crippen LogP contribution in [0, 0.1) is 5.82 Å².